The summed E-state index contributed by atoms with van der Waals surface area (Å²) in [5.74, 6) is 0.642. The molecule has 1 atom stereocenters. The first kappa shape index (κ1) is 10.0. The van der Waals surface area contributed by atoms with Gasteiger partial charge in [-0.15, -0.1) is 0 Å². The zero-order valence-corrected chi connectivity index (χ0v) is 8.52. The van der Waals surface area contributed by atoms with E-state index < -0.39 is 0 Å². The van der Waals surface area contributed by atoms with Crippen LogP contribution in [-0.4, -0.2) is 25.3 Å². The van der Waals surface area contributed by atoms with Crippen LogP contribution in [0.5, 0.6) is 0 Å². The van der Waals surface area contributed by atoms with Crippen molar-refractivity contribution in [2.45, 2.75) is 39.2 Å². The molecule has 1 heterocycles. The average molecular weight is 171 g/mol. The largest absolute Gasteiger partial charge is 0.374 e. The van der Waals surface area contributed by atoms with Crippen molar-refractivity contribution in [3.63, 3.8) is 0 Å². The number of piperidine rings is 1. The number of hydrogen-bond acceptors (Lipinski definition) is 2. The summed E-state index contributed by atoms with van der Waals surface area (Å²) in [5, 5.41) is 3.37. The second kappa shape index (κ2) is 4.24. The fraction of sp³-hybridized carbons (Fsp3) is 1.00. The third-order valence-electron chi connectivity index (χ3n) is 2.32. The van der Waals surface area contributed by atoms with E-state index in [4.69, 9.17) is 4.74 Å². The van der Waals surface area contributed by atoms with Gasteiger partial charge in [0.05, 0.1) is 5.60 Å². The predicted molar refractivity (Wildman–Crippen MR) is 51.3 cm³/mol. The topological polar surface area (TPSA) is 21.3 Å². The monoisotopic (exact) mass is 171 g/mol. The molecule has 1 aliphatic rings. The molecule has 2 heteroatoms. The van der Waals surface area contributed by atoms with Gasteiger partial charge in [-0.05, 0) is 32.2 Å². The van der Waals surface area contributed by atoms with Crippen molar-refractivity contribution in [2.75, 3.05) is 19.7 Å². The van der Waals surface area contributed by atoms with Gasteiger partial charge >= 0.3 is 0 Å². The SMILES string of the molecule is CC(C)COC1(C)CCCNC1. The first-order chi connectivity index (χ1) is 5.62. The molecule has 0 amide bonds. The van der Waals surface area contributed by atoms with Gasteiger partial charge in [0.2, 0.25) is 0 Å². The Kier molecular flexibility index (Phi) is 3.53. The highest BCUT2D eigenvalue weighted by molar-refractivity contribution is 4.82. The van der Waals surface area contributed by atoms with E-state index >= 15 is 0 Å². The molecule has 1 fully saturated rings. The van der Waals surface area contributed by atoms with Gasteiger partial charge in [-0.3, -0.25) is 0 Å². The molecule has 2 nitrogen and oxygen atoms in total. The van der Waals surface area contributed by atoms with Crippen LogP contribution in [-0.2, 0) is 4.74 Å². The maximum absolute atomic E-state index is 5.87. The minimum atomic E-state index is 0.0997. The maximum Gasteiger partial charge on any atom is 0.0778 e. The van der Waals surface area contributed by atoms with Crippen LogP contribution in [0, 0.1) is 5.92 Å². The summed E-state index contributed by atoms with van der Waals surface area (Å²) >= 11 is 0. The number of nitrogens with one attached hydrogen (secondary N) is 1. The van der Waals surface area contributed by atoms with Crippen molar-refractivity contribution in [3.8, 4) is 0 Å². The van der Waals surface area contributed by atoms with Crippen LogP contribution >= 0.6 is 0 Å². The molecule has 0 aromatic heterocycles. The van der Waals surface area contributed by atoms with Crippen molar-refractivity contribution in [2.24, 2.45) is 5.92 Å². The van der Waals surface area contributed by atoms with Crippen LogP contribution < -0.4 is 5.32 Å². The van der Waals surface area contributed by atoms with E-state index in [-0.39, 0.29) is 5.60 Å². The van der Waals surface area contributed by atoms with Gasteiger partial charge < -0.3 is 10.1 Å². The molecule has 72 valence electrons. The zero-order valence-electron chi connectivity index (χ0n) is 8.52. The summed E-state index contributed by atoms with van der Waals surface area (Å²) in [4.78, 5) is 0. The second-order valence-corrected chi connectivity index (χ2v) is 4.44. The highest BCUT2D eigenvalue weighted by Crippen LogP contribution is 2.20. The highest BCUT2D eigenvalue weighted by Gasteiger charge is 2.27. The Morgan fingerprint density at radius 3 is 2.75 bits per heavy atom. The van der Waals surface area contributed by atoms with E-state index in [0.717, 1.165) is 19.7 Å². The van der Waals surface area contributed by atoms with Gasteiger partial charge in [0.25, 0.3) is 0 Å². The van der Waals surface area contributed by atoms with E-state index in [0.29, 0.717) is 5.92 Å². The lowest BCUT2D eigenvalue weighted by Crippen LogP contribution is -2.45. The molecule has 1 rings (SSSR count). The lowest BCUT2D eigenvalue weighted by molar-refractivity contribution is -0.0573. The molecular formula is C10H21NO. The summed E-state index contributed by atoms with van der Waals surface area (Å²) in [7, 11) is 0. The Bertz CT molecular complexity index is 128. The predicted octanol–water partition coefficient (Wildman–Crippen LogP) is 1.80. The van der Waals surface area contributed by atoms with Crippen LogP contribution in [0.15, 0.2) is 0 Å². The van der Waals surface area contributed by atoms with Gasteiger partial charge in [0, 0.05) is 13.2 Å². The van der Waals surface area contributed by atoms with Crippen LogP contribution in [0.4, 0.5) is 0 Å². The first-order valence-corrected chi connectivity index (χ1v) is 4.97. The molecule has 12 heavy (non-hydrogen) atoms. The van der Waals surface area contributed by atoms with Crippen molar-refractivity contribution < 1.29 is 4.74 Å². The Morgan fingerprint density at radius 2 is 2.25 bits per heavy atom. The molecular weight excluding hydrogens is 150 g/mol. The van der Waals surface area contributed by atoms with E-state index in [1.807, 2.05) is 0 Å². The molecule has 0 spiro atoms. The molecule has 1 aliphatic heterocycles. The third-order valence-corrected chi connectivity index (χ3v) is 2.32. The van der Waals surface area contributed by atoms with Gasteiger partial charge in [0.1, 0.15) is 0 Å². The molecule has 0 bridgehead atoms. The highest BCUT2D eigenvalue weighted by atomic mass is 16.5. The smallest absolute Gasteiger partial charge is 0.0778 e. The number of hydrogen-bond donors (Lipinski definition) is 1. The van der Waals surface area contributed by atoms with Crippen LogP contribution in [0.25, 0.3) is 0 Å². The summed E-state index contributed by atoms with van der Waals surface area (Å²) in [6.45, 7) is 9.65. The molecule has 0 aromatic carbocycles. The van der Waals surface area contributed by atoms with Crippen molar-refractivity contribution in [1.82, 2.24) is 5.32 Å². The van der Waals surface area contributed by atoms with Crippen molar-refractivity contribution in [1.29, 1.82) is 0 Å². The molecule has 1 N–H and O–H groups in total. The van der Waals surface area contributed by atoms with Crippen molar-refractivity contribution >= 4 is 0 Å². The van der Waals surface area contributed by atoms with Crippen LogP contribution in [0.3, 0.4) is 0 Å². The standard InChI is InChI=1S/C10H21NO/c1-9(2)7-12-10(3)5-4-6-11-8-10/h9,11H,4-8H2,1-3H3. The minimum Gasteiger partial charge on any atom is -0.374 e. The molecule has 1 unspecified atom stereocenters. The van der Waals surface area contributed by atoms with Gasteiger partial charge in [-0.25, -0.2) is 0 Å². The Hall–Kier alpha value is -0.0800. The first-order valence-electron chi connectivity index (χ1n) is 4.97. The fourth-order valence-electron chi connectivity index (χ4n) is 1.52. The summed E-state index contributed by atoms with van der Waals surface area (Å²) in [5.41, 5.74) is 0.0997. The lowest BCUT2D eigenvalue weighted by Gasteiger charge is -2.34. The minimum absolute atomic E-state index is 0.0997. The maximum atomic E-state index is 5.87. The normalized spacial score (nSPS) is 31.0. The Balaban J connectivity index is 2.26. The van der Waals surface area contributed by atoms with E-state index in [1.165, 1.54) is 12.8 Å². The molecule has 0 aliphatic carbocycles. The molecule has 0 saturated carbocycles. The zero-order chi connectivity index (χ0) is 9.03. The lowest BCUT2D eigenvalue weighted by atomic mass is 9.96. The average Bonchev–Trinajstić information content (AvgIpc) is 2.03. The van der Waals surface area contributed by atoms with Crippen LogP contribution in [0.1, 0.15) is 33.6 Å². The number of rotatable bonds is 3. The van der Waals surface area contributed by atoms with E-state index in [2.05, 4.69) is 26.1 Å². The second-order valence-electron chi connectivity index (χ2n) is 4.44. The fourth-order valence-corrected chi connectivity index (χ4v) is 1.52. The van der Waals surface area contributed by atoms with Crippen molar-refractivity contribution in [3.05, 3.63) is 0 Å². The molecule has 0 radical (unpaired) electrons. The third kappa shape index (κ3) is 3.11. The Labute approximate surface area is 75.7 Å². The summed E-state index contributed by atoms with van der Waals surface area (Å²) in [6, 6.07) is 0. The van der Waals surface area contributed by atoms with E-state index in [1.54, 1.807) is 0 Å². The molecule has 1 saturated heterocycles. The quantitative estimate of drug-likeness (QED) is 0.699. The number of ether oxygens (including phenoxy) is 1. The van der Waals surface area contributed by atoms with Crippen LogP contribution in [0.2, 0.25) is 0 Å². The molecule has 0 aromatic rings. The summed E-state index contributed by atoms with van der Waals surface area (Å²) < 4.78 is 5.87. The van der Waals surface area contributed by atoms with E-state index in [9.17, 15) is 0 Å². The Morgan fingerprint density at radius 1 is 1.50 bits per heavy atom. The van der Waals surface area contributed by atoms with Gasteiger partial charge in [-0.1, -0.05) is 13.8 Å². The van der Waals surface area contributed by atoms with Gasteiger partial charge in [-0.2, -0.15) is 0 Å². The summed E-state index contributed by atoms with van der Waals surface area (Å²) in [6.07, 6.45) is 2.45. The van der Waals surface area contributed by atoms with Gasteiger partial charge in [0.15, 0.2) is 0 Å².